The normalized spacial score (nSPS) is 12.1. The Morgan fingerprint density at radius 2 is 2.27 bits per heavy atom. The first-order valence-electron chi connectivity index (χ1n) is 4.27. The van der Waals surface area contributed by atoms with E-state index in [1.807, 2.05) is 0 Å². The van der Waals surface area contributed by atoms with Crippen molar-refractivity contribution < 1.29 is 9.90 Å². The van der Waals surface area contributed by atoms with Gasteiger partial charge in [0.1, 0.15) is 6.10 Å². The second-order valence-electron chi connectivity index (χ2n) is 3.04. The maximum atomic E-state index is 10.5. The third-order valence-electron chi connectivity index (χ3n) is 1.81. The van der Waals surface area contributed by atoms with Gasteiger partial charge in [0, 0.05) is 12.2 Å². The zero-order chi connectivity index (χ0) is 11.4. The van der Waals surface area contributed by atoms with Crippen LogP contribution in [-0.2, 0) is 4.79 Å². The molecule has 0 aliphatic carbocycles. The lowest BCUT2D eigenvalue weighted by Crippen LogP contribution is -2.34. The average Bonchev–Trinajstić information content (AvgIpc) is 2.15. The van der Waals surface area contributed by atoms with Crippen molar-refractivity contribution in [3.05, 3.63) is 23.2 Å². The molecule has 1 rings (SSSR count). The number of benzene rings is 1. The summed E-state index contributed by atoms with van der Waals surface area (Å²) in [6.07, 6.45) is -1.24. The molecule has 0 saturated carbocycles. The zero-order valence-electron chi connectivity index (χ0n) is 7.90. The van der Waals surface area contributed by atoms with Gasteiger partial charge in [0.2, 0.25) is 5.91 Å². The molecule has 1 aromatic rings. The number of halogens is 1. The molecule has 0 heterocycles. The molecule has 1 unspecified atom stereocenters. The number of anilines is 2. The van der Waals surface area contributed by atoms with E-state index in [2.05, 4.69) is 5.32 Å². The molecule has 0 aliphatic rings. The van der Waals surface area contributed by atoms with E-state index < -0.39 is 12.0 Å². The van der Waals surface area contributed by atoms with Crippen LogP contribution in [0.25, 0.3) is 0 Å². The Hall–Kier alpha value is -1.46. The average molecular weight is 230 g/mol. The van der Waals surface area contributed by atoms with Gasteiger partial charge in [0.15, 0.2) is 0 Å². The molecule has 1 aromatic carbocycles. The van der Waals surface area contributed by atoms with Crippen molar-refractivity contribution in [1.29, 1.82) is 0 Å². The SMILES string of the molecule is NC(=O)C(O)CNc1ccc(N)cc1Cl. The first-order valence-corrected chi connectivity index (χ1v) is 4.65. The van der Waals surface area contributed by atoms with Gasteiger partial charge in [0.25, 0.3) is 0 Å². The van der Waals surface area contributed by atoms with Crippen LogP contribution in [0.1, 0.15) is 0 Å². The Morgan fingerprint density at radius 3 is 2.80 bits per heavy atom. The Morgan fingerprint density at radius 1 is 1.60 bits per heavy atom. The van der Waals surface area contributed by atoms with E-state index in [1.54, 1.807) is 18.2 Å². The van der Waals surface area contributed by atoms with Crippen LogP contribution >= 0.6 is 11.6 Å². The minimum Gasteiger partial charge on any atom is -0.399 e. The molecule has 1 atom stereocenters. The van der Waals surface area contributed by atoms with Gasteiger partial charge < -0.3 is 21.9 Å². The number of aliphatic hydroxyl groups is 1. The summed E-state index contributed by atoms with van der Waals surface area (Å²) in [5, 5.41) is 12.3. The summed E-state index contributed by atoms with van der Waals surface area (Å²) in [5.41, 5.74) is 11.5. The van der Waals surface area contributed by atoms with Gasteiger partial charge in [-0.3, -0.25) is 4.79 Å². The summed E-state index contributed by atoms with van der Waals surface area (Å²) in [7, 11) is 0. The van der Waals surface area contributed by atoms with Crippen LogP contribution < -0.4 is 16.8 Å². The fraction of sp³-hybridized carbons (Fsp3) is 0.222. The van der Waals surface area contributed by atoms with E-state index in [1.165, 1.54) is 0 Å². The van der Waals surface area contributed by atoms with Gasteiger partial charge in [0.05, 0.1) is 10.7 Å². The first-order chi connectivity index (χ1) is 7.00. The third kappa shape index (κ3) is 3.30. The van der Waals surface area contributed by atoms with Crippen molar-refractivity contribution in [2.45, 2.75) is 6.10 Å². The Labute approximate surface area is 92.0 Å². The van der Waals surface area contributed by atoms with Crippen LogP contribution in [0.4, 0.5) is 11.4 Å². The van der Waals surface area contributed by atoms with Gasteiger partial charge in [-0.25, -0.2) is 0 Å². The molecule has 0 saturated heterocycles. The number of nitrogen functional groups attached to an aromatic ring is 1. The van der Waals surface area contributed by atoms with Crippen LogP contribution in [-0.4, -0.2) is 23.7 Å². The smallest absolute Gasteiger partial charge is 0.248 e. The van der Waals surface area contributed by atoms with Crippen molar-refractivity contribution in [1.82, 2.24) is 0 Å². The molecule has 1 amide bonds. The van der Waals surface area contributed by atoms with Crippen LogP contribution in [0.15, 0.2) is 18.2 Å². The van der Waals surface area contributed by atoms with Gasteiger partial charge in [-0.2, -0.15) is 0 Å². The number of amides is 1. The van der Waals surface area contributed by atoms with Crippen LogP contribution in [0, 0.1) is 0 Å². The summed E-state index contributed by atoms with van der Waals surface area (Å²) in [5.74, 6) is -0.783. The number of nitrogens with one attached hydrogen (secondary N) is 1. The number of rotatable bonds is 4. The zero-order valence-corrected chi connectivity index (χ0v) is 8.66. The maximum absolute atomic E-state index is 10.5. The van der Waals surface area contributed by atoms with Gasteiger partial charge in [-0.05, 0) is 18.2 Å². The minimum absolute atomic E-state index is 0.0129. The fourth-order valence-corrected chi connectivity index (χ4v) is 1.24. The lowest BCUT2D eigenvalue weighted by molar-refractivity contribution is -0.125. The Balaban J connectivity index is 2.62. The van der Waals surface area contributed by atoms with Crippen LogP contribution in [0.5, 0.6) is 0 Å². The standard InChI is InChI=1S/C9H12ClN3O2/c10-6-3-5(11)1-2-7(6)13-4-8(14)9(12)15/h1-3,8,13-14H,4,11H2,(H2,12,15). The first kappa shape index (κ1) is 11.6. The van der Waals surface area contributed by atoms with E-state index in [4.69, 9.17) is 28.2 Å². The lowest BCUT2D eigenvalue weighted by Gasteiger charge is -2.11. The van der Waals surface area contributed by atoms with Crippen LogP contribution in [0.2, 0.25) is 5.02 Å². The molecule has 82 valence electrons. The molecule has 0 radical (unpaired) electrons. The van der Waals surface area contributed by atoms with E-state index in [-0.39, 0.29) is 6.54 Å². The van der Waals surface area contributed by atoms with Gasteiger partial charge in [-0.1, -0.05) is 11.6 Å². The Kier molecular flexibility index (Phi) is 3.76. The van der Waals surface area contributed by atoms with Crippen molar-refractivity contribution in [3.63, 3.8) is 0 Å². The Bertz CT molecular complexity index is 370. The molecule has 5 nitrogen and oxygen atoms in total. The van der Waals surface area contributed by atoms with Crippen molar-refractivity contribution in [2.75, 3.05) is 17.6 Å². The highest BCUT2D eigenvalue weighted by Crippen LogP contribution is 2.23. The lowest BCUT2D eigenvalue weighted by atomic mass is 10.2. The summed E-state index contributed by atoms with van der Waals surface area (Å²) in [6, 6.07) is 4.89. The largest absolute Gasteiger partial charge is 0.399 e. The quantitative estimate of drug-likeness (QED) is 0.553. The second kappa shape index (κ2) is 4.86. The summed E-state index contributed by atoms with van der Waals surface area (Å²) >= 11 is 5.85. The predicted molar refractivity (Wildman–Crippen MR) is 59.6 cm³/mol. The molecule has 15 heavy (non-hydrogen) atoms. The summed E-state index contributed by atoms with van der Waals surface area (Å²) in [4.78, 5) is 10.5. The highest BCUT2D eigenvalue weighted by molar-refractivity contribution is 6.33. The minimum atomic E-state index is -1.24. The van der Waals surface area contributed by atoms with Crippen LogP contribution in [0.3, 0.4) is 0 Å². The number of carbonyl (C=O) groups excluding carboxylic acids is 1. The van der Waals surface area contributed by atoms with E-state index in [0.29, 0.717) is 16.4 Å². The highest BCUT2D eigenvalue weighted by atomic mass is 35.5. The molecule has 0 aliphatic heterocycles. The number of nitrogens with two attached hydrogens (primary N) is 2. The molecule has 0 fully saturated rings. The molecular formula is C9H12ClN3O2. The third-order valence-corrected chi connectivity index (χ3v) is 2.12. The number of aliphatic hydroxyl groups excluding tert-OH is 1. The summed E-state index contributed by atoms with van der Waals surface area (Å²) < 4.78 is 0. The summed E-state index contributed by atoms with van der Waals surface area (Å²) in [6.45, 7) is 0.0129. The number of hydrogen-bond acceptors (Lipinski definition) is 4. The fourth-order valence-electron chi connectivity index (χ4n) is 0.982. The van der Waals surface area contributed by atoms with Crippen molar-refractivity contribution in [3.8, 4) is 0 Å². The molecule has 0 aromatic heterocycles. The molecular weight excluding hydrogens is 218 g/mol. The maximum Gasteiger partial charge on any atom is 0.248 e. The molecule has 6 N–H and O–H groups in total. The highest BCUT2D eigenvalue weighted by Gasteiger charge is 2.10. The number of carbonyl (C=O) groups is 1. The molecule has 0 bridgehead atoms. The number of primary amides is 1. The molecule has 0 spiro atoms. The topological polar surface area (TPSA) is 101 Å². The monoisotopic (exact) mass is 229 g/mol. The van der Waals surface area contributed by atoms with E-state index in [0.717, 1.165) is 0 Å². The van der Waals surface area contributed by atoms with Gasteiger partial charge >= 0.3 is 0 Å². The van der Waals surface area contributed by atoms with Crippen molar-refractivity contribution >= 4 is 28.9 Å². The number of hydrogen-bond donors (Lipinski definition) is 4. The predicted octanol–water partition coefficient (Wildman–Crippen LogP) is 0.180. The van der Waals surface area contributed by atoms with E-state index >= 15 is 0 Å². The van der Waals surface area contributed by atoms with Crippen molar-refractivity contribution in [2.24, 2.45) is 5.73 Å². The second-order valence-corrected chi connectivity index (χ2v) is 3.45. The van der Waals surface area contributed by atoms with Gasteiger partial charge in [-0.15, -0.1) is 0 Å². The van der Waals surface area contributed by atoms with E-state index in [9.17, 15) is 4.79 Å². The molecule has 6 heteroatoms.